The monoisotopic (exact) mass is 388 g/mol. The van der Waals surface area contributed by atoms with Crippen molar-refractivity contribution in [2.45, 2.75) is 57.4 Å². The van der Waals surface area contributed by atoms with Crippen LogP contribution < -0.4 is 10.6 Å². The van der Waals surface area contributed by atoms with E-state index in [2.05, 4.69) is 10.6 Å². The lowest BCUT2D eigenvalue weighted by Gasteiger charge is -2.28. The van der Waals surface area contributed by atoms with Crippen LogP contribution in [-0.2, 0) is 9.59 Å². The number of rotatable bonds is 4. The van der Waals surface area contributed by atoms with Gasteiger partial charge in [-0.05, 0) is 25.8 Å². The highest BCUT2D eigenvalue weighted by molar-refractivity contribution is 6.10. The first-order valence-corrected chi connectivity index (χ1v) is 9.52. The van der Waals surface area contributed by atoms with Gasteiger partial charge in [-0.15, -0.1) is 0 Å². The maximum atomic E-state index is 12.9. The van der Waals surface area contributed by atoms with Crippen LogP contribution in [-0.4, -0.2) is 39.8 Å². The van der Waals surface area contributed by atoms with Crippen LogP contribution >= 0.6 is 0 Å². The second kappa shape index (κ2) is 7.95. The zero-order valence-electron chi connectivity index (χ0n) is 15.8. The molecule has 1 aliphatic heterocycles. The molecule has 1 aromatic carbocycles. The third kappa shape index (κ3) is 3.83. The number of carbonyl (C=O) groups excluding carboxylic acids is 3. The summed E-state index contributed by atoms with van der Waals surface area (Å²) < 4.78 is 0. The van der Waals surface area contributed by atoms with Gasteiger partial charge in [0.05, 0.1) is 16.2 Å². The molecule has 1 heterocycles. The molecule has 1 aliphatic carbocycles. The maximum absolute atomic E-state index is 12.9. The highest BCUT2D eigenvalue weighted by Gasteiger charge is 2.50. The third-order valence-corrected chi connectivity index (χ3v) is 5.53. The Morgan fingerprint density at radius 1 is 1.21 bits per heavy atom. The molecule has 9 nitrogen and oxygen atoms in total. The maximum Gasteiger partial charge on any atom is 0.325 e. The second-order valence-electron chi connectivity index (χ2n) is 7.43. The van der Waals surface area contributed by atoms with Crippen LogP contribution in [0, 0.1) is 17.0 Å². The first-order chi connectivity index (χ1) is 13.3. The molecular weight excluding hydrogens is 364 g/mol. The average Bonchev–Trinajstić information content (AvgIpc) is 2.85. The van der Waals surface area contributed by atoms with Crippen LogP contribution in [0.2, 0.25) is 0 Å². The SMILES string of the molecule is Cc1c(NC(=O)CN2C(=O)NC3(CCCCCCC3)C2=O)cccc1[N+](=O)[O-]. The summed E-state index contributed by atoms with van der Waals surface area (Å²) >= 11 is 0. The van der Waals surface area contributed by atoms with Gasteiger partial charge in [-0.2, -0.15) is 0 Å². The molecule has 0 radical (unpaired) electrons. The van der Waals surface area contributed by atoms with Crippen molar-refractivity contribution in [3.63, 3.8) is 0 Å². The third-order valence-electron chi connectivity index (χ3n) is 5.53. The molecule has 0 bridgehead atoms. The molecule has 3 rings (SSSR count). The number of benzene rings is 1. The zero-order valence-corrected chi connectivity index (χ0v) is 15.8. The van der Waals surface area contributed by atoms with Gasteiger partial charge in [0.1, 0.15) is 12.1 Å². The quantitative estimate of drug-likeness (QED) is 0.467. The largest absolute Gasteiger partial charge is 0.325 e. The lowest BCUT2D eigenvalue weighted by Crippen LogP contribution is -2.47. The fourth-order valence-corrected chi connectivity index (χ4v) is 3.96. The molecule has 28 heavy (non-hydrogen) atoms. The molecule has 1 saturated heterocycles. The van der Waals surface area contributed by atoms with Gasteiger partial charge >= 0.3 is 6.03 Å². The van der Waals surface area contributed by atoms with Gasteiger partial charge in [-0.1, -0.05) is 38.2 Å². The van der Waals surface area contributed by atoms with E-state index in [0.717, 1.165) is 37.0 Å². The molecule has 0 unspecified atom stereocenters. The molecule has 150 valence electrons. The van der Waals surface area contributed by atoms with E-state index < -0.39 is 28.9 Å². The van der Waals surface area contributed by atoms with E-state index in [4.69, 9.17) is 0 Å². The number of nitrogens with one attached hydrogen (secondary N) is 2. The van der Waals surface area contributed by atoms with Crippen LogP contribution in [0.3, 0.4) is 0 Å². The van der Waals surface area contributed by atoms with Crippen molar-refractivity contribution in [3.8, 4) is 0 Å². The summed E-state index contributed by atoms with van der Waals surface area (Å²) in [6.07, 6.45) is 6.07. The normalized spacial score (nSPS) is 19.1. The van der Waals surface area contributed by atoms with E-state index in [1.807, 2.05) is 0 Å². The minimum absolute atomic E-state index is 0.110. The molecule has 2 aliphatic rings. The molecule has 9 heteroatoms. The summed E-state index contributed by atoms with van der Waals surface area (Å²) in [7, 11) is 0. The zero-order chi connectivity index (χ0) is 20.3. The van der Waals surface area contributed by atoms with E-state index in [-0.39, 0.29) is 17.3 Å². The Balaban J connectivity index is 1.70. The van der Waals surface area contributed by atoms with Crippen molar-refractivity contribution in [1.82, 2.24) is 10.2 Å². The summed E-state index contributed by atoms with van der Waals surface area (Å²) in [5, 5.41) is 16.4. The van der Waals surface area contributed by atoms with Gasteiger partial charge < -0.3 is 10.6 Å². The van der Waals surface area contributed by atoms with Gasteiger partial charge in [0.15, 0.2) is 0 Å². The number of hydrogen-bond donors (Lipinski definition) is 2. The molecule has 4 amide bonds. The number of urea groups is 1. The lowest BCUT2D eigenvalue weighted by molar-refractivity contribution is -0.385. The summed E-state index contributed by atoms with van der Waals surface area (Å²) in [4.78, 5) is 49.2. The number of anilines is 1. The lowest BCUT2D eigenvalue weighted by atomic mass is 9.84. The minimum Gasteiger partial charge on any atom is -0.324 e. The Kier molecular flexibility index (Phi) is 5.62. The Hall–Kier alpha value is -2.97. The smallest absolute Gasteiger partial charge is 0.324 e. The fourth-order valence-electron chi connectivity index (χ4n) is 3.96. The molecule has 1 spiro atoms. The van der Waals surface area contributed by atoms with E-state index in [0.29, 0.717) is 18.4 Å². The highest BCUT2D eigenvalue weighted by atomic mass is 16.6. The standard InChI is InChI=1S/C19H24N4O5/c1-13-14(8-7-9-15(13)23(27)28)20-16(24)12-22-17(25)19(21-18(22)26)10-5-3-2-4-6-11-19/h7-9H,2-6,10-12H2,1H3,(H,20,24)(H,21,26). The number of nitro groups is 1. The summed E-state index contributed by atoms with van der Waals surface area (Å²) in [5.41, 5.74) is -0.415. The predicted molar refractivity (Wildman–Crippen MR) is 102 cm³/mol. The van der Waals surface area contributed by atoms with Gasteiger partial charge in [0.2, 0.25) is 5.91 Å². The number of imide groups is 1. The van der Waals surface area contributed by atoms with Gasteiger partial charge in [-0.3, -0.25) is 24.6 Å². The summed E-state index contributed by atoms with van der Waals surface area (Å²) in [5.74, 6) is -0.930. The van der Waals surface area contributed by atoms with E-state index in [1.165, 1.54) is 19.1 Å². The molecule has 1 aromatic rings. The van der Waals surface area contributed by atoms with Gasteiger partial charge in [-0.25, -0.2) is 4.79 Å². The first kappa shape index (κ1) is 19.8. The first-order valence-electron chi connectivity index (χ1n) is 9.52. The molecule has 1 saturated carbocycles. The molecule has 2 N–H and O–H groups in total. The molecule has 2 fully saturated rings. The van der Waals surface area contributed by atoms with Crippen molar-refractivity contribution in [2.75, 3.05) is 11.9 Å². The molecule has 0 atom stereocenters. The molecular formula is C19H24N4O5. The Morgan fingerprint density at radius 3 is 2.50 bits per heavy atom. The number of nitro benzene ring substituents is 1. The van der Waals surface area contributed by atoms with E-state index in [9.17, 15) is 24.5 Å². The van der Waals surface area contributed by atoms with Gasteiger partial charge in [0.25, 0.3) is 11.6 Å². The highest BCUT2D eigenvalue weighted by Crippen LogP contribution is 2.32. The van der Waals surface area contributed by atoms with Crippen molar-refractivity contribution in [3.05, 3.63) is 33.9 Å². The average molecular weight is 388 g/mol. The Labute approximate surface area is 162 Å². The van der Waals surface area contributed by atoms with Crippen molar-refractivity contribution < 1.29 is 19.3 Å². The van der Waals surface area contributed by atoms with E-state index in [1.54, 1.807) is 6.07 Å². The fraction of sp³-hybridized carbons (Fsp3) is 0.526. The number of amides is 4. The number of carbonyl (C=O) groups is 3. The Bertz CT molecular complexity index is 815. The van der Waals surface area contributed by atoms with Gasteiger partial charge in [0, 0.05) is 6.07 Å². The molecule has 0 aromatic heterocycles. The van der Waals surface area contributed by atoms with Crippen molar-refractivity contribution in [1.29, 1.82) is 0 Å². The van der Waals surface area contributed by atoms with Crippen LogP contribution in [0.1, 0.15) is 50.5 Å². The van der Waals surface area contributed by atoms with E-state index >= 15 is 0 Å². The Morgan fingerprint density at radius 2 is 1.86 bits per heavy atom. The van der Waals surface area contributed by atoms with Crippen LogP contribution in [0.15, 0.2) is 18.2 Å². The van der Waals surface area contributed by atoms with Crippen molar-refractivity contribution >= 4 is 29.2 Å². The number of nitrogens with zero attached hydrogens (tertiary/aromatic N) is 2. The second-order valence-corrected chi connectivity index (χ2v) is 7.43. The van der Waals surface area contributed by atoms with Crippen molar-refractivity contribution in [2.24, 2.45) is 0 Å². The van der Waals surface area contributed by atoms with Crippen LogP contribution in [0.25, 0.3) is 0 Å². The van der Waals surface area contributed by atoms with Crippen LogP contribution in [0.5, 0.6) is 0 Å². The summed E-state index contributed by atoms with van der Waals surface area (Å²) in [6, 6.07) is 3.80. The topological polar surface area (TPSA) is 122 Å². The minimum atomic E-state index is -0.904. The number of hydrogen-bond acceptors (Lipinski definition) is 5. The van der Waals surface area contributed by atoms with Crippen LogP contribution in [0.4, 0.5) is 16.2 Å². The predicted octanol–water partition coefficient (Wildman–Crippen LogP) is 2.88. The summed E-state index contributed by atoms with van der Waals surface area (Å²) in [6.45, 7) is 1.11.